The summed E-state index contributed by atoms with van der Waals surface area (Å²) >= 11 is 0. The van der Waals surface area contributed by atoms with Crippen molar-refractivity contribution >= 4 is 114 Å². The van der Waals surface area contributed by atoms with Crippen LogP contribution in [0.25, 0.3) is 21.5 Å². The van der Waals surface area contributed by atoms with Crippen molar-refractivity contribution in [3.05, 3.63) is 119 Å². The van der Waals surface area contributed by atoms with Gasteiger partial charge in [-0.25, -0.2) is 9.59 Å². The molecule has 0 aliphatic carbocycles. The fourth-order valence-corrected chi connectivity index (χ4v) is 6.70. The molecule has 276 valence electrons. The minimum Gasteiger partial charge on any atom is -0.870 e. The predicted octanol–water partition coefficient (Wildman–Crippen LogP) is 6.78. The Bertz CT molecular complexity index is 2600. The average Bonchev–Trinajstić information content (AvgIpc) is 3.10. The molecule has 6 aromatic carbocycles. The number of hydrogen-bond donors (Lipinski definition) is 4. The molecule has 0 aliphatic heterocycles. The molecule has 55 heavy (non-hydrogen) atoms. The molecule has 0 saturated heterocycles. The second-order valence-corrected chi connectivity index (χ2v) is 14.3. The van der Waals surface area contributed by atoms with Crippen molar-refractivity contribution < 1.29 is 56.0 Å². The van der Waals surface area contributed by atoms with Crippen molar-refractivity contribution in [2.75, 3.05) is 0 Å². The van der Waals surface area contributed by atoms with E-state index in [2.05, 4.69) is 20.5 Å². The van der Waals surface area contributed by atoms with Crippen LogP contribution in [-0.2, 0) is 20.2 Å². The first kappa shape index (κ1) is 42.4. The Morgan fingerprint density at radius 3 is 1.22 bits per heavy atom. The first-order valence-electron chi connectivity index (χ1n) is 15.3. The maximum absolute atomic E-state index is 12.5. The molecule has 6 aromatic rings. The summed E-state index contributed by atoms with van der Waals surface area (Å²) in [5, 5.41) is 60.7. The summed E-state index contributed by atoms with van der Waals surface area (Å²) in [5.74, 6) is -4.36. The van der Waals surface area contributed by atoms with Gasteiger partial charge < -0.3 is 20.4 Å². The molecular weight excluding hydrogens is 785 g/mol. The summed E-state index contributed by atoms with van der Waals surface area (Å²) in [7, 11) is -8.88. The van der Waals surface area contributed by atoms with E-state index in [1.54, 1.807) is 48.5 Å². The quantitative estimate of drug-likeness (QED) is 0.0703. The molecule has 0 fully saturated rings. The second kappa shape index (κ2) is 17.0. The van der Waals surface area contributed by atoms with E-state index in [4.69, 9.17) is 0 Å². The van der Waals surface area contributed by atoms with Crippen molar-refractivity contribution in [2.24, 2.45) is 20.5 Å². The monoisotopic (exact) mass is 810 g/mol. The number of carboxylic acids is 2. The molecule has 0 heterocycles. The predicted molar refractivity (Wildman–Crippen MR) is 197 cm³/mol. The van der Waals surface area contributed by atoms with Crippen molar-refractivity contribution in [1.82, 2.24) is 0 Å². The molecule has 0 spiro atoms. The van der Waals surface area contributed by atoms with Gasteiger partial charge in [0.2, 0.25) is 0 Å². The topological polar surface area (TPSA) is 279 Å². The number of carboxylic acid groups (broad SMARTS) is 2. The Hall–Kier alpha value is -5.34. The molecule has 0 bridgehead atoms. The van der Waals surface area contributed by atoms with Crippen LogP contribution in [0.5, 0.6) is 11.5 Å². The van der Waals surface area contributed by atoms with E-state index in [0.717, 1.165) is 12.1 Å². The van der Waals surface area contributed by atoms with Gasteiger partial charge >= 0.3 is 49.7 Å². The van der Waals surface area contributed by atoms with E-state index < -0.39 is 54.8 Å². The van der Waals surface area contributed by atoms with Gasteiger partial charge in [-0.3, -0.25) is 9.11 Å². The van der Waals surface area contributed by atoms with Gasteiger partial charge in [0.15, 0.2) is 0 Å². The molecule has 19 heteroatoms. The van der Waals surface area contributed by atoms with Crippen LogP contribution in [-0.4, -0.2) is 85.8 Å². The minimum absolute atomic E-state index is 0. The normalized spacial score (nSPS) is 11.7. The van der Waals surface area contributed by atoms with Crippen molar-refractivity contribution in [3.63, 3.8) is 0 Å². The van der Waals surface area contributed by atoms with Crippen LogP contribution in [0.3, 0.4) is 0 Å². The molecule has 0 aliphatic rings. The van der Waals surface area contributed by atoms with E-state index in [1.807, 2.05) is 0 Å². The van der Waals surface area contributed by atoms with Gasteiger partial charge in [0.25, 0.3) is 20.2 Å². The number of aromatic carboxylic acids is 2. The minimum atomic E-state index is -4.44. The second-order valence-electron chi connectivity index (χ2n) is 11.5. The van der Waals surface area contributed by atoms with Crippen LogP contribution in [0.15, 0.2) is 127 Å². The number of aryl methyl sites for hydroxylation is 2. The molecule has 0 amide bonds. The zero-order chi connectivity index (χ0) is 39.5. The van der Waals surface area contributed by atoms with Crippen LogP contribution in [0.4, 0.5) is 22.7 Å². The smallest absolute Gasteiger partial charge is 0.870 e. The fourth-order valence-electron chi connectivity index (χ4n) is 5.21. The Balaban J connectivity index is 0.000000240. The largest absolute Gasteiger partial charge is 2.00 e. The molecule has 0 atom stereocenters. The van der Waals surface area contributed by atoms with Crippen LogP contribution < -0.4 is 10.2 Å². The number of azo groups is 2. The molecule has 0 radical (unpaired) electrons. The molecule has 6 rings (SSSR count). The summed E-state index contributed by atoms with van der Waals surface area (Å²) in [6.07, 6.45) is 0. The summed E-state index contributed by atoms with van der Waals surface area (Å²) in [6.45, 7) is 3.01. The van der Waals surface area contributed by atoms with Crippen LogP contribution in [0, 0.1) is 13.8 Å². The first-order chi connectivity index (χ1) is 25.4. The van der Waals surface area contributed by atoms with Crippen molar-refractivity contribution in [2.45, 2.75) is 23.6 Å². The number of nitrogens with zero attached hydrogens (tertiary/aromatic N) is 4. The van der Waals surface area contributed by atoms with Gasteiger partial charge in [0.05, 0.1) is 43.7 Å². The van der Waals surface area contributed by atoms with Crippen LogP contribution >= 0.6 is 0 Å². The Morgan fingerprint density at radius 2 is 0.891 bits per heavy atom. The Labute approximate surface area is 342 Å². The molecule has 16 nitrogen and oxygen atoms in total. The summed E-state index contributed by atoms with van der Waals surface area (Å²) in [5.41, 5.74) is -0.414. The third kappa shape index (κ3) is 9.67. The number of hydrogen-bond acceptors (Lipinski definition) is 12. The molecule has 0 saturated carbocycles. The fraction of sp³-hybridized carbons (Fsp3) is 0.0556. The van der Waals surface area contributed by atoms with E-state index in [9.17, 15) is 56.0 Å². The third-order valence-electron chi connectivity index (χ3n) is 7.84. The van der Waals surface area contributed by atoms with Gasteiger partial charge in [-0.05, 0) is 72.1 Å². The Kier molecular flexibility index (Phi) is 13.1. The number of fused-ring (bicyclic) bond motifs is 2. The van der Waals surface area contributed by atoms with Gasteiger partial charge in [0.1, 0.15) is 0 Å². The van der Waals surface area contributed by atoms with E-state index in [0.29, 0.717) is 32.7 Å². The average molecular weight is 811 g/mol. The van der Waals surface area contributed by atoms with Crippen LogP contribution in [0.2, 0.25) is 0 Å². The number of benzene rings is 6. The van der Waals surface area contributed by atoms with Gasteiger partial charge in [-0.2, -0.15) is 37.3 Å². The summed E-state index contributed by atoms with van der Waals surface area (Å²) < 4.78 is 64.1. The third-order valence-corrected chi connectivity index (χ3v) is 9.83. The molecule has 0 unspecified atom stereocenters. The maximum atomic E-state index is 12.5. The Morgan fingerprint density at radius 1 is 0.545 bits per heavy atom. The van der Waals surface area contributed by atoms with E-state index in [1.165, 1.54) is 50.2 Å². The van der Waals surface area contributed by atoms with Crippen molar-refractivity contribution in [3.8, 4) is 11.5 Å². The molecule has 0 aromatic heterocycles. The number of carbonyl (C=O) groups is 2. The van der Waals surface area contributed by atoms with E-state index in [-0.39, 0.29) is 70.3 Å². The zero-order valence-electron chi connectivity index (χ0n) is 28.6. The van der Waals surface area contributed by atoms with E-state index >= 15 is 0 Å². The zero-order valence-corrected chi connectivity index (χ0v) is 32.4. The summed E-state index contributed by atoms with van der Waals surface area (Å²) in [4.78, 5) is 22.0. The SMILES string of the molecule is Cc1ccc(N=Nc2c([O-])c(C(=O)O)cc3ccccc23)cc1S(=O)(=O)O.Cc1ccc(N=Nc2c([O-])c(C(=O)O)cc3ccccc23)cc1S(=O)(=O)O.[Ca+2]. The maximum Gasteiger partial charge on any atom is 2.00 e. The molecule has 4 N–H and O–H groups in total. The standard InChI is InChI=1S/2C18H14N2O6S.Ca/c2*1-10-6-7-12(9-15(10)27(24,25)26)19-20-16-13-5-3-2-4-11(13)8-14(17(16)21)18(22)23;/h2*2-9,21H,1H3,(H,22,23)(H,24,25,26);/q;;+2/p-2. The van der Waals surface area contributed by atoms with Gasteiger partial charge in [-0.1, -0.05) is 72.2 Å². The van der Waals surface area contributed by atoms with Gasteiger partial charge in [0, 0.05) is 10.8 Å². The van der Waals surface area contributed by atoms with Crippen molar-refractivity contribution in [1.29, 1.82) is 0 Å². The van der Waals surface area contributed by atoms with Crippen LogP contribution in [0.1, 0.15) is 31.8 Å². The first-order valence-corrected chi connectivity index (χ1v) is 18.2. The number of rotatable bonds is 8. The molecular formula is C36H26CaN4O12S2. The van der Waals surface area contributed by atoms with Gasteiger partial charge in [-0.15, -0.1) is 0 Å². The summed E-state index contributed by atoms with van der Waals surface area (Å²) in [6, 6.07) is 23.8.